The molecule has 15 nitrogen and oxygen atoms in total. The van der Waals surface area contributed by atoms with Crippen LogP contribution < -0.4 is 25.0 Å². The molecule has 288 valence electrons. The van der Waals surface area contributed by atoms with Gasteiger partial charge in [0, 0.05) is 93.5 Å². The third-order valence-electron chi connectivity index (χ3n) is 10.9. The molecule has 0 spiro atoms. The number of piperazine rings is 2. The summed E-state index contributed by atoms with van der Waals surface area (Å²) in [5.74, 6) is 1.17. The van der Waals surface area contributed by atoms with Gasteiger partial charge < -0.3 is 39.4 Å². The van der Waals surface area contributed by atoms with Gasteiger partial charge in [0.25, 0.3) is 5.88 Å². The van der Waals surface area contributed by atoms with Crippen LogP contribution in [-0.2, 0) is 9.53 Å². The van der Waals surface area contributed by atoms with Gasteiger partial charge in [-0.15, -0.1) is 10.2 Å². The number of methoxy groups -OCH3 is 1. The zero-order chi connectivity index (χ0) is 37.8. The average Bonchev–Trinajstić information content (AvgIpc) is 3.73. The minimum absolute atomic E-state index is 0.0111. The molecule has 54 heavy (non-hydrogen) atoms. The van der Waals surface area contributed by atoms with Crippen molar-refractivity contribution < 1.29 is 28.6 Å². The molecule has 0 radical (unpaired) electrons. The molecular weight excluding hydrogens is 690 g/mol. The Morgan fingerprint density at radius 2 is 1.74 bits per heavy atom. The van der Waals surface area contributed by atoms with Crippen LogP contribution in [0.25, 0.3) is 11.3 Å². The maximum atomic E-state index is 12.2. The van der Waals surface area contributed by atoms with E-state index in [0.717, 1.165) is 70.0 Å². The minimum Gasteiger partial charge on any atom is -0.507 e. The number of para-hydroxylation sites is 1. The molecule has 3 fully saturated rings. The van der Waals surface area contributed by atoms with Crippen molar-refractivity contribution in [3.8, 4) is 28.8 Å². The fourth-order valence-electron chi connectivity index (χ4n) is 8.11. The first-order valence-electron chi connectivity index (χ1n) is 18.9. The normalized spacial score (nSPS) is 21.0. The number of aromatic nitrogens is 4. The number of nitrogens with zero attached hydrogens (tertiary/aromatic N) is 8. The number of carbonyl (C=O) groups is 1. The summed E-state index contributed by atoms with van der Waals surface area (Å²) in [5, 5.41) is 22.9. The van der Waals surface area contributed by atoms with Gasteiger partial charge in [-0.2, -0.15) is 0 Å². The fourth-order valence-corrected chi connectivity index (χ4v) is 8.11. The van der Waals surface area contributed by atoms with Gasteiger partial charge in [-0.1, -0.05) is 26.0 Å². The number of phenols is 1. The van der Waals surface area contributed by atoms with Crippen molar-refractivity contribution in [3.63, 3.8) is 0 Å². The number of rotatable bonds is 14. The summed E-state index contributed by atoms with van der Waals surface area (Å²) in [6, 6.07) is 15.9. The highest BCUT2D eigenvalue weighted by molar-refractivity contribution is 5.77. The Morgan fingerprint density at radius 1 is 0.981 bits per heavy atom. The van der Waals surface area contributed by atoms with Gasteiger partial charge in [0.05, 0.1) is 18.5 Å². The monoisotopic (exact) mass is 741 g/mol. The van der Waals surface area contributed by atoms with Gasteiger partial charge in [-0.05, 0) is 55.1 Å². The van der Waals surface area contributed by atoms with E-state index in [1.807, 2.05) is 38.2 Å². The zero-order valence-electron chi connectivity index (χ0n) is 31.5. The van der Waals surface area contributed by atoms with Crippen LogP contribution in [-0.4, -0.2) is 125 Å². The summed E-state index contributed by atoms with van der Waals surface area (Å²) in [6.07, 6.45) is 4.00. The maximum absolute atomic E-state index is 12.2. The second kappa shape index (κ2) is 16.5. The number of benzene rings is 1. The molecule has 3 saturated heterocycles. The number of carbonyl (C=O) groups excluding carboxylic acids is 1. The highest BCUT2D eigenvalue weighted by Gasteiger charge is 2.41. The molecule has 0 amide bonds. The van der Waals surface area contributed by atoms with Crippen molar-refractivity contribution in [1.29, 1.82) is 0 Å². The summed E-state index contributed by atoms with van der Waals surface area (Å²) in [7, 11) is 1.37. The molecule has 3 aromatic heterocycles. The lowest BCUT2D eigenvalue weighted by atomic mass is 9.93. The first-order chi connectivity index (χ1) is 26.2. The van der Waals surface area contributed by atoms with E-state index in [-0.39, 0.29) is 17.6 Å². The Labute approximate surface area is 316 Å². The topological polar surface area (TPSA) is 169 Å². The van der Waals surface area contributed by atoms with Gasteiger partial charge in [0.1, 0.15) is 24.9 Å². The Balaban J connectivity index is 0.871. The Hall–Kier alpha value is -5.15. The number of hydrogen-bond acceptors (Lipinski definition) is 15. The van der Waals surface area contributed by atoms with Crippen molar-refractivity contribution in [2.75, 3.05) is 81.7 Å². The lowest BCUT2D eigenvalue weighted by Crippen LogP contribution is -2.54. The number of phenolic OH excluding ortho intramolecular Hbond substituents is 1. The number of fused-ring (bicyclic) bond motifs is 2. The molecule has 15 heteroatoms. The number of nitrogen functional groups attached to an aromatic ring is 1. The van der Waals surface area contributed by atoms with E-state index in [4.69, 9.17) is 24.5 Å². The number of esters is 1. The molecule has 0 aliphatic carbocycles. The number of aromatic hydroxyl groups is 1. The molecule has 3 N–H and O–H groups in total. The molecule has 3 unspecified atom stereocenters. The second-order valence-electron chi connectivity index (χ2n) is 14.8. The number of ether oxygens (including phenoxy) is 3. The summed E-state index contributed by atoms with van der Waals surface area (Å²) in [4.78, 5) is 26.4. The molecule has 4 aromatic rings. The van der Waals surface area contributed by atoms with Gasteiger partial charge in [-0.25, -0.2) is 4.98 Å². The van der Waals surface area contributed by atoms with Crippen LogP contribution in [0.5, 0.6) is 17.5 Å². The standard InChI is InChI=1S/C39H51N9O6/c1-25(2)37(39(50)51-4)34-21-36(44-54-34)53-17-15-45-13-14-46(26(3)22-45)16-18-52-35-19-27(11-12-41-35)48-28-9-10-29(48)24-47(23-28)32-20-31(42-43-38(32)40)30-7-5-6-8-33(30)49/h5-8,11-12,19-21,25-26,28-29,37,49H,9-10,13-18,22-24H2,1-4H3,(H2,40,43)/t26-,28?,29?,37?/m1/s1. The minimum atomic E-state index is -0.514. The summed E-state index contributed by atoms with van der Waals surface area (Å²) >= 11 is 0. The van der Waals surface area contributed by atoms with E-state index in [0.29, 0.717) is 65.9 Å². The lowest BCUT2D eigenvalue weighted by Gasteiger charge is -2.43. The van der Waals surface area contributed by atoms with Crippen LogP contribution >= 0.6 is 0 Å². The van der Waals surface area contributed by atoms with Crippen LogP contribution in [0.15, 0.2) is 59.3 Å². The Morgan fingerprint density at radius 3 is 2.48 bits per heavy atom. The molecule has 0 saturated carbocycles. The van der Waals surface area contributed by atoms with Gasteiger partial charge >= 0.3 is 5.97 Å². The fraction of sp³-hybridized carbons (Fsp3) is 0.513. The Kier molecular flexibility index (Phi) is 11.3. The van der Waals surface area contributed by atoms with E-state index in [1.165, 1.54) is 7.11 Å². The second-order valence-corrected chi connectivity index (χ2v) is 14.8. The number of hydrogen-bond donors (Lipinski definition) is 2. The van der Waals surface area contributed by atoms with Crippen molar-refractivity contribution in [2.45, 2.75) is 57.7 Å². The van der Waals surface area contributed by atoms with E-state index in [1.54, 1.807) is 18.2 Å². The molecule has 2 bridgehead atoms. The molecule has 6 heterocycles. The SMILES string of the molecule is COC(=O)C(c1cc(OCCN2CCN(CCOc3cc(N4C5CCC4CN(c4cc(-c6ccccc6O)nnc4N)C5)ccn3)[C@H](C)C2)no1)C(C)C. The quantitative estimate of drug-likeness (QED) is 0.178. The maximum Gasteiger partial charge on any atom is 0.316 e. The number of anilines is 3. The summed E-state index contributed by atoms with van der Waals surface area (Å²) in [6.45, 7) is 13.1. The molecule has 7 rings (SSSR count). The first-order valence-corrected chi connectivity index (χ1v) is 18.9. The number of pyridine rings is 1. The summed E-state index contributed by atoms with van der Waals surface area (Å²) in [5.41, 5.74) is 9.55. The van der Waals surface area contributed by atoms with Crippen molar-refractivity contribution in [2.24, 2.45) is 5.92 Å². The third-order valence-corrected chi connectivity index (χ3v) is 10.9. The van der Waals surface area contributed by atoms with Crippen molar-refractivity contribution in [3.05, 3.63) is 60.5 Å². The van der Waals surface area contributed by atoms with Gasteiger partial charge in [-0.3, -0.25) is 14.6 Å². The van der Waals surface area contributed by atoms with Crippen LogP contribution in [0.3, 0.4) is 0 Å². The highest BCUT2D eigenvalue weighted by atomic mass is 16.5. The van der Waals surface area contributed by atoms with E-state index in [9.17, 15) is 9.90 Å². The van der Waals surface area contributed by atoms with Crippen molar-refractivity contribution >= 4 is 23.2 Å². The average molecular weight is 742 g/mol. The smallest absolute Gasteiger partial charge is 0.316 e. The predicted molar refractivity (Wildman–Crippen MR) is 204 cm³/mol. The van der Waals surface area contributed by atoms with E-state index < -0.39 is 5.92 Å². The lowest BCUT2D eigenvalue weighted by molar-refractivity contribution is -0.144. The zero-order valence-corrected chi connectivity index (χ0v) is 31.5. The molecule has 3 aliphatic heterocycles. The molecule has 3 aliphatic rings. The molecule has 1 aromatic carbocycles. The first kappa shape index (κ1) is 37.2. The van der Waals surface area contributed by atoms with E-state index in [2.05, 4.69) is 59.0 Å². The van der Waals surface area contributed by atoms with Gasteiger partial charge in [0.15, 0.2) is 11.6 Å². The van der Waals surface area contributed by atoms with Crippen LogP contribution in [0.1, 0.15) is 45.3 Å². The molecule has 4 atom stereocenters. The van der Waals surface area contributed by atoms with Crippen LogP contribution in [0.2, 0.25) is 0 Å². The van der Waals surface area contributed by atoms with E-state index >= 15 is 0 Å². The van der Waals surface area contributed by atoms with Gasteiger partial charge in [0.2, 0.25) is 5.88 Å². The molecular formula is C39H51N9O6. The highest BCUT2D eigenvalue weighted by Crippen LogP contribution is 2.39. The summed E-state index contributed by atoms with van der Waals surface area (Å²) < 4.78 is 22.4. The predicted octanol–water partition coefficient (Wildman–Crippen LogP) is 4.05. The number of nitrogens with two attached hydrogens (primary N) is 1. The Bertz CT molecular complexity index is 1880. The van der Waals surface area contributed by atoms with Crippen molar-refractivity contribution in [1.82, 2.24) is 30.1 Å². The van der Waals surface area contributed by atoms with Crippen LogP contribution in [0.4, 0.5) is 17.2 Å². The third kappa shape index (κ3) is 8.16. The largest absolute Gasteiger partial charge is 0.507 e. The van der Waals surface area contributed by atoms with Crippen LogP contribution in [0, 0.1) is 5.92 Å².